The first-order chi connectivity index (χ1) is 21.9. The number of carboxylic acid groups (broad SMARTS) is 1. The molecule has 6 aromatic rings. The van der Waals surface area contributed by atoms with E-state index in [2.05, 4.69) is 0 Å². The average molecular weight is 617 g/mol. The highest BCUT2D eigenvalue weighted by Gasteiger charge is 2.37. The van der Waals surface area contributed by atoms with Crippen molar-refractivity contribution in [1.82, 2.24) is 4.57 Å². The SMILES string of the molecule is COC(=O)N(c1cccc(Cn2c(C(=O)O)c(-c3ccccc3F)c3cc(Cl)ccc32)c1)C1c2ccccc2-c2ccccc21. The second kappa shape index (κ2) is 11.3. The van der Waals surface area contributed by atoms with Gasteiger partial charge in [0.15, 0.2) is 0 Å². The van der Waals surface area contributed by atoms with Gasteiger partial charge < -0.3 is 14.4 Å². The number of halogens is 2. The average Bonchev–Trinajstić information content (AvgIpc) is 3.54. The summed E-state index contributed by atoms with van der Waals surface area (Å²) in [4.78, 5) is 28.0. The third-order valence-electron chi connectivity index (χ3n) is 8.33. The molecule has 0 spiro atoms. The molecule has 0 unspecified atom stereocenters. The molecule has 1 aliphatic carbocycles. The lowest BCUT2D eigenvalue weighted by Crippen LogP contribution is -2.34. The van der Waals surface area contributed by atoms with E-state index in [-0.39, 0.29) is 23.4 Å². The van der Waals surface area contributed by atoms with E-state index in [9.17, 15) is 14.7 Å². The summed E-state index contributed by atoms with van der Waals surface area (Å²) in [6.45, 7) is 0.134. The van der Waals surface area contributed by atoms with Crippen molar-refractivity contribution in [2.75, 3.05) is 12.0 Å². The maximum absolute atomic E-state index is 15.1. The fourth-order valence-corrected chi connectivity index (χ4v) is 6.67. The van der Waals surface area contributed by atoms with Gasteiger partial charge in [-0.25, -0.2) is 14.0 Å². The Kier molecular flexibility index (Phi) is 7.10. The third-order valence-corrected chi connectivity index (χ3v) is 8.57. The van der Waals surface area contributed by atoms with Crippen LogP contribution in [0.4, 0.5) is 14.9 Å². The van der Waals surface area contributed by atoms with Crippen LogP contribution >= 0.6 is 11.6 Å². The lowest BCUT2D eigenvalue weighted by Gasteiger charge is -2.30. The van der Waals surface area contributed by atoms with Crippen LogP contribution in [0.5, 0.6) is 0 Å². The Morgan fingerprint density at radius 1 is 0.844 bits per heavy atom. The summed E-state index contributed by atoms with van der Waals surface area (Å²) in [5.74, 6) is -1.74. The molecule has 0 bridgehead atoms. The molecule has 1 aliphatic rings. The van der Waals surface area contributed by atoms with Crippen molar-refractivity contribution in [2.24, 2.45) is 0 Å². The highest BCUT2D eigenvalue weighted by molar-refractivity contribution is 6.31. The Morgan fingerprint density at radius 2 is 1.49 bits per heavy atom. The van der Waals surface area contributed by atoms with Crippen LogP contribution in [0.25, 0.3) is 33.2 Å². The maximum Gasteiger partial charge on any atom is 0.414 e. The molecule has 0 saturated carbocycles. The first kappa shape index (κ1) is 28.4. The lowest BCUT2D eigenvalue weighted by atomic mass is 10.0. The highest BCUT2D eigenvalue weighted by atomic mass is 35.5. The molecule has 0 fully saturated rings. The molecule has 0 radical (unpaired) electrons. The minimum Gasteiger partial charge on any atom is -0.477 e. The number of hydrogen-bond acceptors (Lipinski definition) is 3. The molecule has 1 heterocycles. The van der Waals surface area contributed by atoms with E-state index in [1.165, 1.54) is 13.2 Å². The first-order valence-electron chi connectivity index (χ1n) is 14.3. The monoisotopic (exact) mass is 616 g/mol. The number of aromatic nitrogens is 1. The van der Waals surface area contributed by atoms with E-state index in [0.29, 0.717) is 21.6 Å². The van der Waals surface area contributed by atoms with Crippen molar-refractivity contribution in [1.29, 1.82) is 0 Å². The molecular formula is C37H26ClFN2O4. The van der Waals surface area contributed by atoms with Crippen molar-refractivity contribution in [3.63, 3.8) is 0 Å². The van der Waals surface area contributed by atoms with E-state index in [1.807, 2.05) is 72.8 Å². The van der Waals surface area contributed by atoms with Gasteiger partial charge in [-0.2, -0.15) is 0 Å². The summed E-state index contributed by atoms with van der Waals surface area (Å²) in [5, 5.41) is 11.4. The Hall–Kier alpha value is -5.40. The van der Waals surface area contributed by atoms with Crippen molar-refractivity contribution in [3.05, 3.63) is 148 Å². The number of carbonyl (C=O) groups is 2. The van der Waals surface area contributed by atoms with Gasteiger partial charge in [-0.05, 0) is 64.2 Å². The molecule has 1 amide bonds. The van der Waals surface area contributed by atoms with Crippen LogP contribution in [0.1, 0.15) is 33.2 Å². The number of amides is 1. The van der Waals surface area contributed by atoms with E-state index in [0.717, 1.165) is 27.8 Å². The van der Waals surface area contributed by atoms with Crippen LogP contribution in [-0.4, -0.2) is 28.8 Å². The van der Waals surface area contributed by atoms with E-state index in [4.69, 9.17) is 16.3 Å². The first-order valence-corrected chi connectivity index (χ1v) is 14.7. The van der Waals surface area contributed by atoms with Gasteiger partial charge in [-0.15, -0.1) is 0 Å². The van der Waals surface area contributed by atoms with Gasteiger partial charge >= 0.3 is 12.1 Å². The number of rotatable bonds is 6. The number of aromatic carboxylic acids is 1. The van der Waals surface area contributed by atoms with Gasteiger partial charge in [-0.1, -0.05) is 90.5 Å². The van der Waals surface area contributed by atoms with Gasteiger partial charge in [0.2, 0.25) is 0 Å². The van der Waals surface area contributed by atoms with Gasteiger partial charge in [0.25, 0.3) is 0 Å². The van der Waals surface area contributed by atoms with Crippen molar-refractivity contribution in [2.45, 2.75) is 12.6 Å². The number of ether oxygens (including phenoxy) is 1. The summed E-state index contributed by atoms with van der Waals surface area (Å²) in [6.07, 6.45) is -0.530. The maximum atomic E-state index is 15.1. The summed E-state index contributed by atoms with van der Waals surface area (Å²) < 4.78 is 22.1. The van der Waals surface area contributed by atoms with E-state index < -0.39 is 23.9 Å². The standard InChI is InChI=1S/C37H26ClFN2O4/c1-45-37(44)41(34-27-13-4-2-11-25(27)26-12-3-5-14-28(26)34)24-10-8-9-22(19-24)21-40-32-18-17-23(38)20-30(32)33(35(40)36(42)43)29-15-6-7-16-31(29)39/h2-20,34H,21H2,1H3,(H,42,43). The van der Waals surface area contributed by atoms with Crippen LogP contribution < -0.4 is 4.90 Å². The molecule has 45 heavy (non-hydrogen) atoms. The van der Waals surface area contributed by atoms with Crippen LogP contribution in [0.2, 0.25) is 5.02 Å². The molecular weight excluding hydrogens is 591 g/mol. The second-order valence-electron chi connectivity index (χ2n) is 10.8. The summed E-state index contributed by atoms with van der Waals surface area (Å²) in [5.41, 5.74) is 6.32. The molecule has 222 valence electrons. The normalized spacial score (nSPS) is 12.2. The fourth-order valence-electron chi connectivity index (χ4n) is 6.50. The second-order valence-corrected chi connectivity index (χ2v) is 11.3. The molecule has 5 aromatic carbocycles. The van der Waals surface area contributed by atoms with Crippen molar-refractivity contribution < 1.29 is 23.8 Å². The summed E-state index contributed by atoms with van der Waals surface area (Å²) in [7, 11) is 1.35. The van der Waals surface area contributed by atoms with Gasteiger partial charge in [0.05, 0.1) is 13.2 Å². The van der Waals surface area contributed by atoms with Gasteiger partial charge in [0.1, 0.15) is 11.5 Å². The number of benzene rings is 5. The fraction of sp³-hybridized carbons (Fsp3) is 0.0811. The van der Waals surface area contributed by atoms with Crippen LogP contribution in [0, 0.1) is 5.82 Å². The third kappa shape index (κ3) is 4.73. The number of anilines is 1. The number of carboxylic acids is 1. The Bertz CT molecular complexity index is 2090. The molecule has 0 saturated heterocycles. The predicted molar refractivity (Wildman–Crippen MR) is 173 cm³/mol. The van der Waals surface area contributed by atoms with Gasteiger partial charge in [-0.3, -0.25) is 4.90 Å². The molecule has 1 aromatic heterocycles. The number of hydrogen-bond donors (Lipinski definition) is 1. The van der Waals surface area contributed by atoms with Crippen LogP contribution in [-0.2, 0) is 11.3 Å². The zero-order chi connectivity index (χ0) is 31.2. The van der Waals surface area contributed by atoms with Crippen molar-refractivity contribution >= 4 is 40.3 Å². The summed E-state index contributed by atoms with van der Waals surface area (Å²) >= 11 is 6.35. The Balaban J connectivity index is 1.38. The Labute approximate surface area is 263 Å². The number of nitrogens with zero attached hydrogens (tertiary/aromatic N) is 2. The molecule has 6 nitrogen and oxygen atoms in total. The molecule has 1 N–H and O–H groups in total. The van der Waals surface area contributed by atoms with Crippen LogP contribution in [0.3, 0.4) is 0 Å². The molecule has 8 heteroatoms. The number of fused-ring (bicyclic) bond motifs is 4. The lowest BCUT2D eigenvalue weighted by molar-refractivity contribution is 0.0687. The zero-order valence-corrected chi connectivity index (χ0v) is 24.8. The van der Waals surface area contributed by atoms with Gasteiger partial charge in [0, 0.05) is 39.3 Å². The molecule has 0 aliphatic heterocycles. The topological polar surface area (TPSA) is 71.8 Å². The molecule has 0 atom stereocenters. The quantitative estimate of drug-likeness (QED) is 0.202. The zero-order valence-electron chi connectivity index (χ0n) is 24.1. The molecule has 7 rings (SSSR count). The van der Waals surface area contributed by atoms with E-state index in [1.54, 1.807) is 45.9 Å². The number of carbonyl (C=O) groups excluding carboxylic acids is 1. The van der Waals surface area contributed by atoms with E-state index >= 15 is 4.39 Å². The summed E-state index contributed by atoms with van der Waals surface area (Å²) in [6, 6.07) is 34.1. The largest absolute Gasteiger partial charge is 0.477 e. The van der Waals surface area contributed by atoms with Crippen molar-refractivity contribution in [3.8, 4) is 22.3 Å². The highest BCUT2D eigenvalue weighted by Crippen LogP contribution is 2.48. The minimum atomic E-state index is -1.20. The van der Waals surface area contributed by atoms with Crippen LogP contribution in [0.15, 0.2) is 115 Å². The predicted octanol–water partition coefficient (Wildman–Crippen LogP) is 9.19. The number of methoxy groups -OCH3 is 1. The minimum absolute atomic E-state index is 0.0637. The Morgan fingerprint density at radius 3 is 2.13 bits per heavy atom. The smallest absolute Gasteiger partial charge is 0.414 e.